The Hall–Kier alpha value is -1.94. The van der Waals surface area contributed by atoms with E-state index in [4.69, 9.17) is 21.1 Å². The molecule has 0 saturated heterocycles. The third kappa shape index (κ3) is 1.34. The molecule has 0 saturated carbocycles. The number of aryl methyl sites for hydroxylation is 1. The predicted octanol–water partition coefficient (Wildman–Crippen LogP) is 3.28. The Morgan fingerprint density at radius 1 is 1.35 bits per heavy atom. The molecule has 0 spiro atoms. The van der Waals surface area contributed by atoms with Crippen LogP contribution in [-0.4, -0.2) is 15.6 Å². The van der Waals surface area contributed by atoms with Gasteiger partial charge in [0.25, 0.3) is 0 Å². The van der Waals surface area contributed by atoms with Gasteiger partial charge in [0.15, 0.2) is 0 Å². The van der Waals surface area contributed by atoms with Crippen LogP contribution < -0.4 is 0 Å². The van der Waals surface area contributed by atoms with Crippen molar-refractivity contribution in [1.29, 1.82) is 0 Å². The van der Waals surface area contributed by atoms with Crippen molar-refractivity contribution in [3.05, 3.63) is 35.0 Å². The quantitative estimate of drug-likeness (QED) is 0.720. The summed E-state index contributed by atoms with van der Waals surface area (Å²) in [7, 11) is 1.66. The number of aromatic nitrogens is 1. The summed E-state index contributed by atoms with van der Waals surface area (Å²) in [4.78, 5) is 11.0. The van der Waals surface area contributed by atoms with Crippen LogP contribution in [-0.2, 0) is 7.05 Å². The Bertz CT molecular complexity index is 754. The zero-order chi connectivity index (χ0) is 12.2. The van der Waals surface area contributed by atoms with Gasteiger partial charge in [0, 0.05) is 28.9 Å². The van der Waals surface area contributed by atoms with Crippen molar-refractivity contribution in [2.24, 2.45) is 7.05 Å². The van der Waals surface area contributed by atoms with Crippen LogP contribution >= 0.6 is 11.6 Å². The van der Waals surface area contributed by atoms with Crippen molar-refractivity contribution in [2.75, 3.05) is 0 Å². The highest BCUT2D eigenvalue weighted by atomic mass is 35.5. The molecule has 0 radical (unpaired) electrons. The lowest BCUT2D eigenvalue weighted by atomic mass is 10.2. The van der Waals surface area contributed by atoms with Crippen molar-refractivity contribution < 1.29 is 14.3 Å². The number of carbonyl (C=O) groups is 1. The van der Waals surface area contributed by atoms with Gasteiger partial charge in [-0.3, -0.25) is 0 Å². The maximum atomic E-state index is 11.0. The Kier molecular flexibility index (Phi) is 1.97. The number of hydrogen-bond donors (Lipinski definition) is 1. The van der Waals surface area contributed by atoms with E-state index in [9.17, 15) is 4.79 Å². The molecule has 0 unspecified atom stereocenters. The van der Waals surface area contributed by atoms with Crippen LogP contribution in [0.25, 0.3) is 22.1 Å². The SMILES string of the molecule is Cn1c(C(=O)O)cc2c3ccc(Cl)cc3oc21. The molecule has 1 N–H and O–H groups in total. The molecule has 2 heterocycles. The van der Waals surface area contributed by atoms with Crippen molar-refractivity contribution in [2.45, 2.75) is 0 Å². The maximum absolute atomic E-state index is 11.0. The minimum atomic E-state index is -0.971. The second-order valence-electron chi connectivity index (χ2n) is 3.86. The van der Waals surface area contributed by atoms with Gasteiger partial charge in [0.2, 0.25) is 5.71 Å². The average molecular weight is 250 g/mol. The first kappa shape index (κ1) is 10.2. The molecule has 0 aliphatic heterocycles. The van der Waals surface area contributed by atoms with Crippen LogP contribution in [0.4, 0.5) is 0 Å². The Morgan fingerprint density at radius 2 is 2.12 bits per heavy atom. The average Bonchev–Trinajstić information content (AvgIpc) is 2.76. The molecule has 5 heteroatoms. The van der Waals surface area contributed by atoms with Gasteiger partial charge in [0.05, 0.1) is 0 Å². The van der Waals surface area contributed by atoms with Gasteiger partial charge in [-0.15, -0.1) is 0 Å². The van der Waals surface area contributed by atoms with Crippen LogP contribution in [0.1, 0.15) is 10.5 Å². The molecule has 0 bridgehead atoms. The Morgan fingerprint density at radius 3 is 2.82 bits per heavy atom. The number of aromatic carboxylic acids is 1. The van der Waals surface area contributed by atoms with Gasteiger partial charge in [-0.05, 0) is 18.2 Å². The number of fused-ring (bicyclic) bond motifs is 3. The number of furan rings is 1. The first-order valence-corrected chi connectivity index (χ1v) is 5.36. The van der Waals surface area contributed by atoms with Crippen molar-refractivity contribution >= 4 is 39.6 Å². The zero-order valence-corrected chi connectivity index (χ0v) is 9.65. The van der Waals surface area contributed by atoms with E-state index in [1.165, 1.54) is 4.57 Å². The topological polar surface area (TPSA) is 55.4 Å². The molecule has 1 aromatic carbocycles. The minimum absolute atomic E-state index is 0.204. The van der Waals surface area contributed by atoms with E-state index >= 15 is 0 Å². The summed E-state index contributed by atoms with van der Waals surface area (Å²) in [6, 6.07) is 6.91. The molecule has 4 nitrogen and oxygen atoms in total. The molecule has 3 aromatic rings. The molecule has 0 aliphatic rings. The van der Waals surface area contributed by atoms with Crippen LogP contribution in [0.15, 0.2) is 28.7 Å². The summed E-state index contributed by atoms with van der Waals surface area (Å²) < 4.78 is 7.13. The highest BCUT2D eigenvalue weighted by Crippen LogP contribution is 2.32. The Balaban J connectivity index is 2.45. The lowest BCUT2D eigenvalue weighted by molar-refractivity contribution is 0.0686. The monoisotopic (exact) mass is 249 g/mol. The van der Waals surface area contributed by atoms with Crippen LogP contribution in [0.5, 0.6) is 0 Å². The summed E-state index contributed by atoms with van der Waals surface area (Å²) >= 11 is 5.87. The summed E-state index contributed by atoms with van der Waals surface area (Å²) in [6.45, 7) is 0. The fraction of sp³-hybridized carbons (Fsp3) is 0.0833. The highest BCUT2D eigenvalue weighted by molar-refractivity contribution is 6.31. The van der Waals surface area contributed by atoms with Crippen molar-refractivity contribution in [3.8, 4) is 0 Å². The number of nitrogens with zero attached hydrogens (tertiary/aromatic N) is 1. The minimum Gasteiger partial charge on any atom is -0.477 e. The number of carboxylic acids is 1. The second kappa shape index (κ2) is 3.28. The molecule has 0 amide bonds. The largest absolute Gasteiger partial charge is 0.477 e. The normalized spacial score (nSPS) is 11.4. The molecule has 86 valence electrons. The van der Waals surface area contributed by atoms with E-state index in [0.717, 1.165) is 10.8 Å². The van der Waals surface area contributed by atoms with Gasteiger partial charge < -0.3 is 14.1 Å². The molecule has 17 heavy (non-hydrogen) atoms. The van der Waals surface area contributed by atoms with Crippen LogP contribution in [0, 0.1) is 0 Å². The fourth-order valence-corrected chi connectivity index (χ4v) is 2.18. The zero-order valence-electron chi connectivity index (χ0n) is 8.90. The first-order chi connectivity index (χ1) is 8.08. The van der Waals surface area contributed by atoms with E-state index < -0.39 is 5.97 Å². The number of halogens is 1. The summed E-state index contributed by atoms with van der Waals surface area (Å²) in [6.07, 6.45) is 0. The third-order valence-corrected chi connectivity index (χ3v) is 3.07. The third-order valence-electron chi connectivity index (χ3n) is 2.84. The van der Waals surface area contributed by atoms with E-state index in [-0.39, 0.29) is 5.69 Å². The molecule has 0 aliphatic carbocycles. The highest BCUT2D eigenvalue weighted by Gasteiger charge is 2.17. The van der Waals surface area contributed by atoms with Crippen LogP contribution in [0.3, 0.4) is 0 Å². The summed E-state index contributed by atoms with van der Waals surface area (Å²) in [5, 5.41) is 11.3. The second-order valence-corrected chi connectivity index (χ2v) is 4.29. The predicted molar refractivity (Wildman–Crippen MR) is 64.7 cm³/mol. The standard InChI is InChI=1S/C12H8ClNO3/c1-14-9(12(15)16)5-8-7-3-2-6(13)4-10(7)17-11(8)14/h2-5H,1H3,(H,15,16). The Labute approximate surface area is 101 Å². The maximum Gasteiger partial charge on any atom is 0.352 e. The molecule has 0 atom stereocenters. The summed E-state index contributed by atoms with van der Waals surface area (Å²) in [5.74, 6) is -0.971. The smallest absolute Gasteiger partial charge is 0.352 e. The van der Waals surface area contributed by atoms with E-state index in [2.05, 4.69) is 0 Å². The van der Waals surface area contributed by atoms with E-state index in [1.54, 1.807) is 25.2 Å². The van der Waals surface area contributed by atoms with E-state index in [1.807, 2.05) is 6.07 Å². The van der Waals surface area contributed by atoms with Gasteiger partial charge in [-0.25, -0.2) is 4.79 Å². The van der Waals surface area contributed by atoms with Gasteiger partial charge in [-0.1, -0.05) is 11.6 Å². The number of rotatable bonds is 1. The fourth-order valence-electron chi connectivity index (χ4n) is 2.01. The number of carboxylic acid groups (broad SMARTS) is 1. The van der Waals surface area contributed by atoms with Crippen molar-refractivity contribution in [1.82, 2.24) is 4.57 Å². The molecule has 2 aromatic heterocycles. The van der Waals surface area contributed by atoms with Gasteiger partial charge >= 0.3 is 5.97 Å². The molecular formula is C12H8ClNO3. The molecule has 3 rings (SSSR count). The van der Waals surface area contributed by atoms with Crippen LogP contribution in [0.2, 0.25) is 5.02 Å². The van der Waals surface area contributed by atoms with Gasteiger partial charge in [0.1, 0.15) is 11.3 Å². The lowest BCUT2D eigenvalue weighted by Gasteiger charge is -1.96. The van der Waals surface area contributed by atoms with Gasteiger partial charge in [-0.2, -0.15) is 0 Å². The van der Waals surface area contributed by atoms with Crippen molar-refractivity contribution in [3.63, 3.8) is 0 Å². The molecular weight excluding hydrogens is 242 g/mol. The number of benzene rings is 1. The first-order valence-electron chi connectivity index (χ1n) is 4.98. The number of hydrogen-bond acceptors (Lipinski definition) is 2. The lowest BCUT2D eigenvalue weighted by Crippen LogP contribution is -2.03. The van der Waals surface area contributed by atoms with E-state index in [0.29, 0.717) is 16.3 Å². The summed E-state index contributed by atoms with van der Waals surface area (Å²) in [5.41, 5.74) is 1.41. The molecule has 0 fully saturated rings.